The van der Waals surface area contributed by atoms with Crippen molar-refractivity contribution in [3.8, 4) is 0 Å². The zero-order chi connectivity index (χ0) is 23.5. The van der Waals surface area contributed by atoms with Crippen LogP contribution in [0.15, 0.2) is 41.6 Å². The molecule has 1 saturated carbocycles. The molecule has 2 unspecified atom stereocenters. The molecule has 8 heteroatoms. The zero-order valence-corrected chi connectivity index (χ0v) is 19.8. The van der Waals surface area contributed by atoms with Crippen molar-refractivity contribution in [2.24, 2.45) is 5.92 Å². The standard InChI is InChI=1S/C25H34N4O4/c1-4-33-24(31)21-20(27(3)25(32)26-22(21)18-9-6-5-7-10-18)16-28-13-14-29(17(2)15-28)23(30)19-11-8-12-19/h5-7,9-10,17,19,22H,4,8,11-16H2,1-3H3,(H,26,32). The first kappa shape index (κ1) is 23.3. The first-order chi connectivity index (χ1) is 15.9. The van der Waals surface area contributed by atoms with Crippen LogP contribution in [-0.2, 0) is 14.3 Å². The predicted molar refractivity (Wildman–Crippen MR) is 124 cm³/mol. The minimum atomic E-state index is -0.567. The Kier molecular flexibility index (Phi) is 7.02. The summed E-state index contributed by atoms with van der Waals surface area (Å²) in [6, 6.07) is 8.76. The van der Waals surface area contributed by atoms with Crippen LogP contribution < -0.4 is 5.32 Å². The largest absolute Gasteiger partial charge is 0.463 e. The lowest BCUT2D eigenvalue weighted by molar-refractivity contribution is -0.142. The Balaban J connectivity index is 1.59. The summed E-state index contributed by atoms with van der Waals surface area (Å²) < 4.78 is 5.40. The molecule has 8 nitrogen and oxygen atoms in total. The van der Waals surface area contributed by atoms with E-state index in [9.17, 15) is 14.4 Å². The first-order valence-corrected chi connectivity index (χ1v) is 11.9. The molecular weight excluding hydrogens is 420 g/mol. The molecule has 178 valence electrons. The van der Waals surface area contributed by atoms with Gasteiger partial charge in [-0.25, -0.2) is 9.59 Å². The van der Waals surface area contributed by atoms with Gasteiger partial charge in [0, 0.05) is 50.9 Å². The fourth-order valence-corrected chi connectivity index (χ4v) is 4.90. The molecule has 1 aliphatic carbocycles. The van der Waals surface area contributed by atoms with Crippen LogP contribution in [0.4, 0.5) is 4.79 Å². The maximum Gasteiger partial charge on any atom is 0.338 e. The molecule has 2 aliphatic heterocycles. The second-order valence-corrected chi connectivity index (χ2v) is 9.18. The fraction of sp³-hybridized carbons (Fsp3) is 0.560. The minimum Gasteiger partial charge on any atom is -0.463 e. The number of carbonyl (C=O) groups excluding carboxylic acids is 3. The number of carbonyl (C=O) groups is 3. The van der Waals surface area contributed by atoms with Gasteiger partial charge >= 0.3 is 12.0 Å². The number of ether oxygens (including phenoxy) is 1. The van der Waals surface area contributed by atoms with E-state index in [4.69, 9.17) is 4.74 Å². The van der Waals surface area contributed by atoms with Crippen LogP contribution in [0.3, 0.4) is 0 Å². The SMILES string of the molecule is CCOC(=O)C1=C(CN2CCN(C(=O)C3CCC3)C(C)C2)N(C)C(=O)NC1c1ccccc1. The third-order valence-electron chi connectivity index (χ3n) is 7.03. The molecule has 4 rings (SSSR count). The van der Waals surface area contributed by atoms with Crippen LogP contribution in [-0.4, -0.2) is 78.5 Å². The number of amides is 3. The highest BCUT2D eigenvalue weighted by atomic mass is 16.5. The van der Waals surface area contributed by atoms with E-state index in [1.165, 1.54) is 4.90 Å². The molecule has 1 saturated heterocycles. The Morgan fingerprint density at radius 2 is 1.88 bits per heavy atom. The number of esters is 1. The average molecular weight is 455 g/mol. The van der Waals surface area contributed by atoms with Crippen molar-refractivity contribution >= 4 is 17.9 Å². The van der Waals surface area contributed by atoms with E-state index in [1.807, 2.05) is 35.2 Å². The molecular formula is C25H34N4O4. The third-order valence-corrected chi connectivity index (χ3v) is 7.03. The molecule has 3 aliphatic rings. The molecule has 0 spiro atoms. The monoisotopic (exact) mass is 454 g/mol. The van der Waals surface area contributed by atoms with Gasteiger partial charge in [0.15, 0.2) is 0 Å². The van der Waals surface area contributed by atoms with Crippen LogP contribution in [0.2, 0.25) is 0 Å². The topological polar surface area (TPSA) is 82.2 Å². The predicted octanol–water partition coefficient (Wildman–Crippen LogP) is 2.53. The Morgan fingerprint density at radius 1 is 1.15 bits per heavy atom. The first-order valence-electron chi connectivity index (χ1n) is 11.9. The highest BCUT2D eigenvalue weighted by molar-refractivity contribution is 5.95. The van der Waals surface area contributed by atoms with Crippen molar-refractivity contribution in [2.45, 2.75) is 45.2 Å². The quantitative estimate of drug-likeness (QED) is 0.668. The van der Waals surface area contributed by atoms with Gasteiger partial charge in [0.05, 0.1) is 18.2 Å². The van der Waals surface area contributed by atoms with Crippen molar-refractivity contribution in [1.29, 1.82) is 0 Å². The van der Waals surface area contributed by atoms with E-state index in [-0.39, 0.29) is 30.5 Å². The number of likely N-dealkylation sites (N-methyl/N-ethyl adjacent to an activating group) is 1. The molecule has 0 radical (unpaired) electrons. The van der Waals surface area contributed by atoms with Gasteiger partial charge in [0.1, 0.15) is 0 Å². The lowest BCUT2D eigenvalue weighted by atomic mass is 9.84. The Hall–Kier alpha value is -2.87. The molecule has 2 fully saturated rings. The second kappa shape index (κ2) is 9.95. The van der Waals surface area contributed by atoms with E-state index >= 15 is 0 Å². The summed E-state index contributed by atoms with van der Waals surface area (Å²) >= 11 is 0. The van der Waals surface area contributed by atoms with Crippen molar-refractivity contribution in [1.82, 2.24) is 20.0 Å². The Bertz CT molecular complexity index is 928. The van der Waals surface area contributed by atoms with Gasteiger partial charge < -0.3 is 15.0 Å². The van der Waals surface area contributed by atoms with Gasteiger partial charge in [-0.1, -0.05) is 36.8 Å². The van der Waals surface area contributed by atoms with E-state index in [1.54, 1.807) is 14.0 Å². The van der Waals surface area contributed by atoms with Crippen molar-refractivity contribution in [2.75, 3.05) is 39.8 Å². The second-order valence-electron chi connectivity index (χ2n) is 9.18. The molecule has 1 aromatic rings. The van der Waals surface area contributed by atoms with E-state index in [0.717, 1.165) is 24.8 Å². The summed E-state index contributed by atoms with van der Waals surface area (Å²) in [6.07, 6.45) is 3.15. The summed E-state index contributed by atoms with van der Waals surface area (Å²) in [5.74, 6) is 0.0510. The highest BCUT2D eigenvalue weighted by Crippen LogP contribution is 2.32. The third kappa shape index (κ3) is 4.76. The Morgan fingerprint density at radius 3 is 2.48 bits per heavy atom. The number of nitrogens with zero attached hydrogens (tertiary/aromatic N) is 3. The number of urea groups is 1. The molecule has 3 amide bonds. The molecule has 2 heterocycles. The van der Waals surface area contributed by atoms with Crippen molar-refractivity contribution in [3.63, 3.8) is 0 Å². The summed E-state index contributed by atoms with van der Waals surface area (Å²) in [5, 5.41) is 2.95. The number of benzene rings is 1. The Labute approximate surface area is 195 Å². The number of hydrogen-bond donors (Lipinski definition) is 1. The molecule has 1 N–H and O–H groups in total. The number of rotatable bonds is 6. The lowest BCUT2D eigenvalue weighted by Gasteiger charge is -2.44. The summed E-state index contributed by atoms with van der Waals surface area (Å²) in [5.41, 5.74) is 1.95. The number of hydrogen-bond acceptors (Lipinski definition) is 5. The fourth-order valence-electron chi connectivity index (χ4n) is 4.90. The van der Waals surface area contributed by atoms with Crippen molar-refractivity contribution in [3.05, 3.63) is 47.2 Å². The summed E-state index contributed by atoms with van der Waals surface area (Å²) in [6.45, 7) is 6.62. The molecule has 1 aromatic carbocycles. The highest BCUT2D eigenvalue weighted by Gasteiger charge is 2.39. The van der Waals surface area contributed by atoms with E-state index in [2.05, 4.69) is 17.1 Å². The van der Waals surface area contributed by atoms with Gasteiger partial charge in [-0.05, 0) is 32.3 Å². The van der Waals surface area contributed by atoms with Crippen molar-refractivity contribution < 1.29 is 19.1 Å². The van der Waals surface area contributed by atoms with Crippen LogP contribution in [0.25, 0.3) is 0 Å². The van der Waals surface area contributed by atoms with E-state index in [0.29, 0.717) is 37.4 Å². The maximum absolute atomic E-state index is 13.1. The molecule has 0 aromatic heterocycles. The molecule has 33 heavy (non-hydrogen) atoms. The van der Waals surface area contributed by atoms with Crippen LogP contribution in [0, 0.1) is 5.92 Å². The normalized spacial score (nSPS) is 24.4. The number of piperazine rings is 1. The van der Waals surface area contributed by atoms with Crippen LogP contribution in [0.1, 0.15) is 44.7 Å². The summed E-state index contributed by atoms with van der Waals surface area (Å²) in [7, 11) is 1.69. The smallest absolute Gasteiger partial charge is 0.338 e. The lowest BCUT2D eigenvalue weighted by Crippen LogP contribution is -2.57. The molecule has 0 bridgehead atoms. The van der Waals surface area contributed by atoms with Crippen LogP contribution in [0.5, 0.6) is 0 Å². The molecule has 2 atom stereocenters. The van der Waals surface area contributed by atoms with Crippen LogP contribution >= 0.6 is 0 Å². The average Bonchev–Trinajstić information content (AvgIpc) is 2.76. The van der Waals surface area contributed by atoms with E-state index < -0.39 is 12.0 Å². The van der Waals surface area contributed by atoms with Gasteiger partial charge in [0.25, 0.3) is 0 Å². The van der Waals surface area contributed by atoms with Gasteiger partial charge in [0.2, 0.25) is 5.91 Å². The van der Waals surface area contributed by atoms with Gasteiger partial charge in [-0.3, -0.25) is 14.6 Å². The zero-order valence-electron chi connectivity index (χ0n) is 19.8. The summed E-state index contributed by atoms with van der Waals surface area (Å²) in [4.78, 5) is 44.4. The minimum absolute atomic E-state index is 0.0890. The van der Waals surface area contributed by atoms with Gasteiger partial charge in [-0.2, -0.15) is 0 Å². The maximum atomic E-state index is 13.1. The van der Waals surface area contributed by atoms with Gasteiger partial charge in [-0.15, -0.1) is 0 Å². The number of nitrogens with one attached hydrogen (secondary N) is 1.